The summed E-state index contributed by atoms with van der Waals surface area (Å²) in [5, 5.41) is 0.873. The van der Waals surface area contributed by atoms with Gasteiger partial charge >= 0.3 is 0 Å². The van der Waals surface area contributed by atoms with Crippen LogP contribution in [0.4, 0.5) is 4.39 Å². The van der Waals surface area contributed by atoms with Crippen molar-refractivity contribution in [3.8, 4) is 0 Å². The number of aromatic amines is 1. The number of pyridine rings is 1. The van der Waals surface area contributed by atoms with Crippen LogP contribution in [0.1, 0.15) is 22.3 Å². The number of para-hydroxylation sites is 1. The molecule has 2 heterocycles. The number of aromatic nitrogens is 1. The highest BCUT2D eigenvalue weighted by Gasteiger charge is 2.24. The van der Waals surface area contributed by atoms with Crippen LogP contribution >= 0.6 is 0 Å². The van der Waals surface area contributed by atoms with Crippen LogP contribution < -0.4 is 5.56 Å². The van der Waals surface area contributed by atoms with E-state index in [0.29, 0.717) is 38.2 Å². The van der Waals surface area contributed by atoms with Gasteiger partial charge in [0.05, 0.1) is 12.0 Å². The maximum atomic E-state index is 13.9. The highest BCUT2D eigenvalue weighted by Crippen LogP contribution is 2.14. The molecule has 1 saturated heterocycles. The number of carbonyl (C=O) groups is 2. The summed E-state index contributed by atoms with van der Waals surface area (Å²) in [6.07, 6.45) is 0.599. The van der Waals surface area contributed by atoms with Crippen molar-refractivity contribution in [3.05, 3.63) is 81.9 Å². The summed E-state index contributed by atoms with van der Waals surface area (Å²) in [6, 6.07) is 15.1. The Kier molecular flexibility index (Phi) is 5.61. The number of carbonyl (C=O) groups excluding carboxylic acids is 2. The monoisotopic (exact) mass is 407 g/mol. The van der Waals surface area contributed by atoms with Gasteiger partial charge in [-0.1, -0.05) is 30.3 Å². The third-order valence-electron chi connectivity index (χ3n) is 5.41. The molecule has 0 unspecified atom stereocenters. The summed E-state index contributed by atoms with van der Waals surface area (Å²) in [5.41, 5.74) is 0.922. The van der Waals surface area contributed by atoms with Crippen molar-refractivity contribution >= 4 is 22.7 Å². The van der Waals surface area contributed by atoms with Crippen molar-refractivity contribution in [2.45, 2.75) is 12.8 Å². The van der Waals surface area contributed by atoms with E-state index in [1.165, 1.54) is 12.1 Å². The van der Waals surface area contributed by atoms with Gasteiger partial charge in [0.2, 0.25) is 5.91 Å². The third-order valence-corrected chi connectivity index (χ3v) is 5.41. The summed E-state index contributed by atoms with van der Waals surface area (Å²) >= 11 is 0. The van der Waals surface area contributed by atoms with Crippen LogP contribution in [0.2, 0.25) is 0 Å². The van der Waals surface area contributed by atoms with E-state index in [2.05, 4.69) is 4.98 Å². The van der Waals surface area contributed by atoms with Gasteiger partial charge in [-0.3, -0.25) is 14.4 Å². The number of hydrogen-bond donors (Lipinski definition) is 1. The zero-order chi connectivity index (χ0) is 21.1. The molecule has 0 saturated carbocycles. The molecule has 7 heteroatoms. The normalized spacial score (nSPS) is 14.6. The Morgan fingerprint density at radius 3 is 2.47 bits per heavy atom. The van der Waals surface area contributed by atoms with Gasteiger partial charge in [-0.05, 0) is 36.1 Å². The predicted octanol–water partition coefficient (Wildman–Crippen LogP) is 2.58. The number of amides is 2. The third kappa shape index (κ3) is 4.10. The van der Waals surface area contributed by atoms with Gasteiger partial charge in [0.1, 0.15) is 5.82 Å². The number of fused-ring (bicyclic) bond motifs is 1. The van der Waals surface area contributed by atoms with Gasteiger partial charge in [0.25, 0.3) is 11.5 Å². The smallest absolute Gasteiger partial charge is 0.256 e. The fraction of sp³-hybridized carbons (Fsp3) is 0.261. The van der Waals surface area contributed by atoms with Crippen LogP contribution in [0.25, 0.3) is 10.9 Å². The highest BCUT2D eigenvalue weighted by atomic mass is 19.1. The SMILES string of the molecule is O=C(Cc1cc2ccccc2[nH]c1=O)N1CCCN(C(=O)c2ccccc2F)CC1. The fourth-order valence-electron chi connectivity index (χ4n) is 3.77. The topological polar surface area (TPSA) is 73.5 Å². The average molecular weight is 407 g/mol. The fourth-order valence-corrected chi connectivity index (χ4v) is 3.77. The Hall–Kier alpha value is -3.48. The lowest BCUT2D eigenvalue weighted by Crippen LogP contribution is -2.38. The minimum Gasteiger partial charge on any atom is -0.341 e. The average Bonchev–Trinajstić information content (AvgIpc) is 3.00. The summed E-state index contributed by atoms with van der Waals surface area (Å²) in [5.74, 6) is -1.07. The number of benzene rings is 2. The molecule has 3 aromatic rings. The van der Waals surface area contributed by atoms with E-state index in [1.807, 2.05) is 24.3 Å². The predicted molar refractivity (Wildman–Crippen MR) is 112 cm³/mol. The zero-order valence-corrected chi connectivity index (χ0v) is 16.4. The van der Waals surface area contributed by atoms with Gasteiger partial charge in [0.15, 0.2) is 0 Å². The lowest BCUT2D eigenvalue weighted by Gasteiger charge is -2.22. The molecular weight excluding hydrogens is 385 g/mol. The Morgan fingerprint density at radius 1 is 0.933 bits per heavy atom. The van der Waals surface area contributed by atoms with E-state index < -0.39 is 5.82 Å². The quantitative estimate of drug-likeness (QED) is 0.725. The zero-order valence-electron chi connectivity index (χ0n) is 16.4. The maximum absolute atomic E-state index is 13.9. The molecule has 0 aliphatic carbocycles. The van der Waals surface area contributed by atoms with E-state index in [9.17, 15) is 18.8 Å². The van der Waals surface area contributed by atoms with E-state index in [0.717, 1.165) is 10.9 Å². The number of hydrogen-bond acceptors (Lipinski definition) is 3. The van der Waals surface area contributed by atoms with Gasteiger partial charge in [-0.25, -0.2) is 4.39 Å². The van der Waals surface area contributed by atoms with Crippen molar-refractivity contribution in [3.63, 3.8) is 0 Å². The second-order valence-corrected chi connectivity index (χ2v) is 7.39. The van der Waals surface area contributed by atoms with Crippen LogP contribution in [-0.2, 0) is 11.2 Å². The molecule has 1 aliphatic rings. The van der Waals surface area contributed by atoms with Crippen LogP contribution in [0.15, 0.2) is 59.4 Å². The molecular formula is C23H22FN3O3. The van der Waals surface area contributed by atoms with Crippen molar-refractivity contribution in [2.24, 2.45) is 0 Å². The first-order chi connectivity index (χ1) is 14.5. The molecule has 2 aromatic carbocycles. The summed E-state index contributed by atoms with van der Waals surface area (Å²) in [7, 11) is 0. The van der Waals surface area contributed by atoms with Gasteiger partial charge < -0.3 is 14.8 Å². The van der Waals surface area contributed by atoms with Crippen LogP contribution in [0.5, 0.6) is 0 Å². The number of nitrogens with zero attached hydrogens (tertiary/aromatic N) is 2. The Balaban J connectivity index is 1.44. The number of halogens is 1. The van der Waals surface area contributed by atoms with Crippen molar-refractivity contribution in [2.75, 3.05) is 26.2 Å². The molecule has 1 aromatic heterocycles. The first-order valence-electron chi connectivity index (χ1n) is 9.95. The standard InChI is InChI=1S/C23H22FN3O3/c24-19-8-3-2-7-18(19)23(30)27-11-5-10-26(12-13-27)21(28)15-17-14-16-6-1-4-9-20(16)25-22(17)29/h1-4,6-9,14H,5,10-13,15H2,(H,25,29). The molecule has 6 nitrogen and oxygen atoms in total. The molecule has 30 heavy (non-hydrogen) atoms. The van der Waals surface area contributed by atoms with Gasteiger partial charge in [-0.2, -0.15) is 0 Å². The Bertz CT molecular complexity index is 1160. The molecule has 154 valence electrons. The molecule has 1 aliphatic heterocycles. The molecule has 0 atom stereocenters. The molecule has 0 radical (unpaired) electrons. The Morgan fingerprint density at radius 2 is 1.63 bits per heavy atom. The summed E-state index contributed by atoms with van der Waals surface area (Å²) in [4.78, 5) is 43.9. The highest BCUT2D eigenvalue weighted by molar-refractivity contribution is 5.94. The van der Waals surface area contributed by atoms with E-state index in [-0.39, 0.29) is 29.4 Å². The minimum absolute atomic E-state index is 0.00142. The lowest BCUT2D eigenvalue weighted by atomic mass is 10.1. The second kappa shape index (κ2) is 8.49. The van der Waals surface area contributed by atoms with Crippen molar-refractivity contribution < 1.29 is 14.0 Å². The minimum atomic E-state index is -0.546. The largest absolute Gasteiger partial charge is 0.341 e. The molecule has 0 bridgehead atoms. The Labute approximate surface area is 172 Å². The van der Waals surface area contributed by atoms with Crippen LogP contribution in [0, 0.1) is 5.82 Å². The number of rotatable bonds is 3. The maximum Gasteiger partial charge on any atom is 0.256 e. The first kappa shape index (κ1) is 19.8. The number of H-pyrrole nitrogens is 1. The van der Waals surface area contributed by atoms with E-state index in [4.69, 9.17) is 0 Å². The van der Waals surface area contributed by atoms with E-state index >= 15 is 0 Å². The van der Waals surface area contributed by atoms with Crippen molar-refractivity contribution in [1.29, 1.82) is 0 Å². The van der Waals surface area contributed by atoms with Gasteiger partial charge in [-0.15, -0.1) is 0 Å². The second-order valence-electron chi connectivity index (χ2n) is 7.39. The molecule has 4 rings (SSSR count). The van der Waals surface area contributed by atoms with E-state index in [1.54, 1.807) is 28.0 Å². The molecule has 2 amide bonds. The first-order valence-corrected chi connectivity index (χ1v) is 9.95. The summed E-state index contributed by atoms with van der Waals surface area (Å²) < 4.78 is 13.9. The van der Waals surface area contributed by atoms with Crippen LogP contribution in [0.3, 0.4) is 0 Å². The molecule has 1 N–H and O–H groups in total. The summed E-state index contributed by atoms with van der Waals surface area (Å²) in [6.45, 7) is 1.62. The van der Waals surface area contributed by atoms with Crippen molar-refractivity contribution in [1.82, 2.24) is 14.8 Å². The molecule has 1 fully saturated rings. The molecule has 0 spiro atoms. The van der Waals surface area contributed by atoms with Crippen LogP contribution in [-0.4, -0.2) is 52.8 Å². The number of nitrogens with one attached hydrogen (secondary N) is 1. The lowest BCUT2D eigenvalue weighted by molar-refractivity contribution is -0.130. The van der Waals surface area contributed by atoms with Gasteiger partial charge in [0, 0.05) is 37.3 Å².